The van der Waals surface area contributed by atoms with Crippen molar-refractivity contribution < 1.29 is 5.11 Å². The van der Waals surface area contributed by atoms with Crippen LogP contribution < -0.4 is 0 Å². The van der Waals surface area contributed by atoms with Crippen LogP contribution in [0.25, 0.3) is 0 Å². The Balaban J connectivity index is 2.07. The zero-order valence-electron chi connectivity index (χ0n) is 10.5. The van der Waals surface area contributed by atoms with E-state index in [0.717, 1.165) is 30.7 Å². The largest absolute Gasteiger partial charge is 0.392 e. The Morgan fingerprint density at radius 3 is 2.62 bits per heavy atom. The zero-order chi connectivity index (χ0) is 11.8. The highest BCUT2D eigenvalue weighted by Gasteiger charge is 2.36. The van der Waals surface area contributed by atoms with Crippen molar-refractivity contribution in [3.8, 4) is 0 Å². The predicted octanol–water partition coefficient (Wildman–Crippen LogP) is 2.21. The maximum absolute atomic E-state index is 10.4. The van der Waals surface area contributed by atoms with Gasteiger partial charge in [0.1, 0.15) is 0 Å². The van der Waals surface area contributed by atoms with Crippen molar-refractivity contribution >= 4 is 0 Å². The van der Waals surface area contributed by atoms with Crippen molar-refractivity contribution in [1.82, 2.24) is 9.78 Å². The van der Waals surface area contributed by atoms with Gasteiger partial charge in [0.25, 0.3) is 0 Å². The molecule has 90 valence electrons. The Bertz CT molecular complexity index is 364. The molecule has 1 fully saturated rings. The van der Waals surface area contributed by atoms with Gasteiger partial charge < -0.3 is 5.11 Å². The van der Waals surface area contributed by atoms with Gasteiger partial charge in [0.15, 0.2) is 0 Å². The van der Waals surface area contributed by atoms with Crippen molar-refractivity contribution in [2.45, 2.75) is 52.1 Å². The van der Waals surface area contributed by atoms with Gasteiger partial charge in [-0.15, -0.1) is 0 Å². The van der Waals surface area contributed by atoms with Gasteiger partial charge in [-0.2, -0.15) is 5.10 Å². The molecule has 1 aromatic rings. The van der Waals surface area contributed by atoms with Gasteiger partial charge in [-0.05, 0) is 31.2 Å². The lowest BCUT2D eigenvalue weighted by Gasteiger charge is -2.29. The molecule has 3 heteroatoms. The lowest BCUT2D eigenvalue weighted by molar-refractivity contribution is 0.0409. The monoisotopic (exact) mass is 222 g/mol. The van der Waals surface area contributed by atoms with E-state index in [2.05, 4.69) is 18.1 Å². The molecule has 1 N–H and O–H groups in total. The van der Waals surface area contributed by atoms with Crippen molar-refractivity contribution in [1.29, 1.82) is 0 Å². The Morgan fingerprint density at radius 1 is 1.50 bits per heavy atom. The van der Waals surface area contributed by atoms with Crippen LogP contribution in [0.5, 0.6) is 0 Å². The summed E-state index contributed by atoms with van der Waals surface area (Å²) in [6, 6.07) is 2.07. The summed E-state index contributed by atoms with van der Waals surface area (Å²) in [4.78, 5) is 0. The van der Waals surface area contributed by atoms with E-state index in [1.165, 1.54) is 12.8 Å². The van der Waals surface area contributed by atoms with Gasteiger partial charge in [0, 0.05) is 19.2 Å². The van der Waals surface area contributed by atoms with Crippen molar-refractivity contribution in [2.75, 3.05) is 0 Å². The van der Waals surface area contributed by atoms with Crippen LogP contribution in [0.15, 0.2) is 6.07 Å². The minimum atomic E-state index is -0.232. The van der Waals surface area contributed by atoms with Crippen LogP contribution in [-0.2, 0) is 13.5 Å². The second-order valence-corrected chi connectivity index (χ2v) is 5.48. The molecule has 0 radical (unpaired) electrons. The summed E-state index contributed by atoms with van der Waals surface area (Å²) in [6.45, 7) is 4.21. The van der Waals surface area contributed by atoms with Crippen LogP contribution in [0, 0.1) is 12.3 Å². The highest BCUT2D eigenvalue weighted by Crippen LogP contribution is 2.41. The highest BCUT2D eigenvalue weighted by atomic mass is 16.3. The van der Waals surface area contributed by atoms with E-state index >= 15 is 0 Å². The molecule has 0 bridgehead atoms. The maximum Gasteiger partial charge on any atom is 0.0649 e. The third-order valence-corrected chi connectivity index (χ3v) is 4.05. The first-order chi connectivity index (χ1) is 7.51. The van der Waals surface area contributed by atoms with Gasteiger partial charge in [-0.3, -0.25) is 4.68 Å². The lowest BCUT2D eigenvalue weighted by atomic mass is 9.80. The first kappa shape index (κ1) is 11.6. The fourth-order valence-corrected chi connectivity index (χ4v) is 2.82. The van der Waals surface area contributed by atoms with Crippen LogP contribution in [0.1, 0.15) is 44.0 Å². The number of aliphatic hydroxyl groups excluding tert-OH is 1. The van der Waals surface area contributed by atoms with E-state index in [1.807, 2.05) is 18.7 Å². The maximum atomic E-state index is 10.4. The van der Waals surface area contributed by atoms with E-state index in [1.54, 1.807) is 0 Å². The van der Waals surface area contributed by atoms with E-state index in [4.69, 9.17) is 0 Å². The Morgan fingerprint density at radius 2 is 2.12 bits per heavy atom. The van der Waals surface area contributed by atoms with Crippen LogP contribution in [0.3, 0.4) is 0 Å². The van der Waals surface area contributed by atoms with Gasteiger partial charge in [0.2, 0.25) is 0 Å². The summed E-state index contributed by atoms with van der Waals surface area (Å²) in [7, 11) is 1.95. The third-order valence-electron chi connectivity index (χ3n) is 4.05. The van der Waals surface area contributed by atoms with Gasteiger partial charge in [-0.1, -0.05) is 19.8 Å². The number of hydrogen-bond donors (Lipinski definition) is 1. The molecular weight excluding hydrogens is 200 g/mol. The summed E-state index contributed by atoms with van der Waals surface area (Å²) in [5.41, 5.74) is 2.29. The topological polar surface area (TPSA) is 38.0 Å². The Kier molecular flexibility index (Phi) is 3.06. The summed E-state index contributed by atoms with van der Waals surface area (Å²) in [6.07, 6.45) is 5.34. The standard InChI is InChI=1S/C13H22N2O/c1-10-8-11(15(3)14-10)9-12(16)13(2)6-4-5-7-13/h8,12,16H,4-7,9H2,1-3H3. The van der Waals surface area contributed by atoms with Crippen LogP contribution in [-0.4, -0.2) is 21.0 Å². The molecular formula is C13H22N2O. The second-order valence-electron chi connectivity index (χ2n) is 5.48. The number of aryl methyl sites for hydroxylation is 2. The van der Waals surface area contributed by atoms with E-state index in [-0.39, 0.29) is 11.5 Å². The summed E-state index contributed by atoms with van der Waals surface area (Å²) < 4.78 is 1.89. The molecule has 0 saturated heterocycles. The third kappa shape index (κ3) is 2.14. The second kappa shape index (κ2) is 4.21. The van der Waals surface area contributed by atoms with Crippen molar-refractivity contribution in [3.05, 3.63) is 17.5 Å². The summed E-state index contributed by atoms with van der Waals surface area (Å²) >= 11 is 0. The molecule has 0 spiro atoms. The van der Waals surface area contributed by atoms with Crippen molar-refractivity contribution in [2.24, 2.45) is 12.5 Å². The van der Waals surface area contributed by atoms with Crippen LogP contribution >= 0.6 is 0 Å². The molecule has 0 aliphatic heterocycles. The normalized spacial score (nSPS) is 21.2. The van der Waals surface area contributed by atoms with E-state index in [9.17, 15) is 5.11 Å². The molecule has 0 amide bonds. The molecule has 1 atom stereocenters. The number of aromatic nitrogens is 2. The average molecular weight is 222 g/mol. The van der Waals surface area contributed by atoms with E-state index in [0.29, 0.717) is 0 Å². The fraction of sp³-hybridized carbons (Fsp3) is 0.769. The fourth-order valence-electron chi connectivity index (χ4n) is 2.82. The smallest absolute Gasteiger partial charge is 0.0649 e. The van der Waals surface area contributed by atoms with Crippen LogP contribution in [0.4, 0.5) is 0 Å². The summed E-state index contributed by atoms with van der Waals surface area (Å²) in [5.74, 6) is 0. The van der Waals surface area contributed by atoms with Gasteiger partial charge in [-0.25, -0.2) is 0 Å². The number of rotatable bonds is 3. The SMILES string of the molecule is Cc1cc(CC(O)C2(C)CCCC2)n(C)n1. The Labute approximate surface area is 97.5 Å². The predicted molar refractivity (Wildman–Crippen MR) is 64.2 cm³/mol. The number of aliphatic hydroxyl groups is 1. The first-order valence-corrected chi connectivity index (χ1v) is 6.19. The van der Waals surface area contributed by atoms with Gasteiger partial charge >= 0.3 is 0 Å². The average Bonchev–Trinajstić information content (AvgIpc) is 2.75. The Hall–Kier alpha value is -0.830. The molecule has 1 aromatic heterocycles. The minimum absolute atomic E-state index is 0.123. The zero-order valence-corrected chi connectivity index (χ0v) is 10.5. The quantitative estimate of drug-likeness (QED) is 0.851. The highest BCUT2D eigenvalue weighted by molar-refractivity contribution is 5.10. The van der Waals surface area contributed by atoms with Crippen molar-refractivity contribution in [3.63, 3.8) is 0 Å². The molecule has 1 saturated carbocycles. The summed E-state index contributed by atoms with van der Waals surface area (Å²) in [5, 5.41) is 14.7. The number of nitrogens with zero attached hydrogens (tertiary/aromatic N) is 2. The van der Waals surface area contributed by atoms with E-state index < -0.39 is 0 Å². The first-order valence-electron chi connectivity index (χ1n) is 6.19. The van der Waals surface area contributed by atoms with Gasteiger partial charge in [0.05, 0.1) is 11.8 Å². The molecule has 16 heavy (non-hydrogen) atoms. The molecule has 3 nitrogen and oxygen atoms in total. The molecule has 1 heterocycles. The molecule has 1 aliphatic carbocycles. The number of hydrogen-bond acceptors (Lipinski definition) is 2. The molecule has 1 aliphatic rings. The molecule has 1 unspecified atom stereocenters. The molecule has 0 aromatic carbocycles. The lowest BCUT2D eigenvalue weighted by Crippen LogP contribution is -2.31. The van der Waals surface area contributed by atoms with Crippen LogP contribution in [0.2, 0.25) is 0 Å². The molecule has 2 rings (SSSR count). The minimum Gasteiger partial charge on any atom is -0.392 e.